The highest BCUT2D eigenvalue weighted by Crippen LogP contribution is 1.86. The quantitative estimate of drug-likeness (QED) is 0.397. The first kappa shape index (κ1) is 13.1. The van der Waals surface area contributed by atoms with Gasteiger partial charge in [0.25, 0.3) is 0 Å². The molecule has 3 nitrogen and oxygen atoms in total. The minimum atomic E-state index is 0.495. The number of hydrogen-bond donors (Lipinski definition) is 1. The van der Waals surface area contributed by atoms with Crippen LogP contribution in [0.15, 0.2) is 0 Å². The van der Waals surface area contributed by atoms with Gasteiger partial charge < -0.3 is 14.8 Å². The number of terminal acetylenes is 1. The largest absolute Gasteiger partial charge is 0.447 e. The topological polar surface area (TPSA) is 30.5 Å². The first-order valence-corrected chi connectivity index (χ1v) is 4.73. The molecule has 3 heteroatoms. The molecule has 0 heterocycles. The maximum atomic E-state index is 4.98. The van der Waals surface area contributed by atoms with E-state index >= 15 is 0 Å². The van der Waals surface area contributed by atoms with E-state index < -0.39 is 0 Å². The minimum absolute atomic E-state index is 0.495. The maximum Gasteiger partial charge on any atom is 0.118 e. The van der Waals surface area contributed by atoms with E-state index in [0.717, 1.165) is 12.8 Å². The maximum absolute atomic E-state index is 4.98. The highest BCUT2D eigenvalue weighted by Gasteiger charge is 1.83. The van der Waals surface area contributed by atoms with E-state index in [1.54, 1.807) is 6.92 Å². The molecule has 0 aromatic carbocycles. The molecule has 0 radical (unpaired) electrons. The SMILES string of the molecule is C#CNCCOC#CCCCOC#CC. The lowest BCUT2D eigenvalue weighted by molar-refractivity contribution is 0.271. The Balaban J connectivity index is 3.16. The van der Waals surface area contributed by atoms with Gasteiger partial charge >= 0.3 is 0 Å². The lowest BCUT2D eigenvalue weighted by atomic mass is 10.3. The summed E-state index contributed by atoms with van der Waals surface area (Å²) in [5.41, 5.74) is 0. The van der Waals surface area contributed by atoms with E-state index in [1.165, 1.54) is 0 Å². The Kier molecular flexibility index (Phi) is 10.5. The summed E-state index contributed by atoms with van der Waals surface area (Å²) < 4.78 is 9.92. The monoisotopic (exact) mass is 205 g/mol. The van der Waals surface area contributed by atoms with Gasteiger partial charge in [-0.3, -0.25) is 0 Å². The third-order valence-corrected chi connectivity index (χ3v) is 1.30. The summed E-state index contributed by atoms with van der Waals surface area (Å²) in [7, 11) is 0. The molecule has 15 heavy (non-hydrogen) atoms. The number of hydrogen-bond acceptors (Lipinski definition) is 3. The second-order valence-corrected chi connectivity index (χ2v) is 2.50. The molecule has 0 aliphatic carbocycles. The van der Waals surface area contributed by atoms with Crippen LogP contribution in [0.1, 0.15) is 19.8 Å². The van der Waals surface area contributed by atoms with Crippen LogP contribution in [0.5, 0.6) is 0 Å². The Labute approximate surface area is 91.5 Å². The lowest BCUT2D eigenvalue weighted by Gasteiger charge is -1.95. The number of rotatable bonds is 6. The van der Waals surface area contributed by atoms with Gasteiger partial charge in [-0.2, -0.15) is 0 Å². The van der Waals surface area contributed by atoms with Crippen LogP contribution in [0.25, 0.3) is 0 Å². The van der Waals surface area contributed by atoms with Crippen molar-refractivity contribution in [3.8, 4) is 36.5 Å². The van der Waals surface area contributed by atoms with Crippen LogP contribution >= 0.6 is 0 Å². The third-order valence-electron chi connectivity index (χ3n) is 1.30. The van der Waals surface area contributed by atoms with E-state index in [1.807, 2.05) is 0 Å². The second kappa shape index (κ2) is 12.1. The minimum Gasteiger partial charge on any atom is -0.447 e. The van der Waals surface area contributed by atoms with E-state index in [-0.39, 0.29) is 0 Å². The molecule has 0 bridgehead atoms. The summed E-state index contributed by atoms with van der Waals surface area (Å²) in [4.78, 5) is 0. The summed E-state index contributed by atoms with van der Waals surface area (Å²) >= 11 is 0. The lowest BCUT2D eigenvalue weighted by Crippen LogP contribution is -2.12. The molecule has 1 N–H and O–H groups in total. The molecule has 0 aliphatic heterocycles. The van der Waals surface area contributed by atoms with Gasteiger partial charge in [0, 0.05) is 19.4 Å². The summed E-state index contributed by atoms with van der Waals surface area (Å²) in [6.07, 6.45) is 11.7. The van der Waals surface area contributed by atoms with Crippen LogP contribution < -0.4 is 5.32 Å². The molecule has 0 rings (SSSR count). The average Bonchev–Trinajstić information content (AvgIpc) is 2.26. The molecule has 0 saturated carbocycles. The Morgan fingerprint density at radius 3 is 2.73 bits per heavy atom. The van der Waals surface area contributed by atoms with Gasteiger partial charge in [0.1, 0.15) is 25.4 Å². The summed E-state index contributed by atoms with van der Waals surface area (Å²) in [5, 5.41) is 2.67. The molecule has 0 aliphatic rings. The Morgan fingerprint density at radius 2 is 2.00 bits per heavy atom. The molecular weight excluding hydrogens is 190 g/mol. The van der Waals surface area contributed by atoms with Crippen molar-refractivity contribution in [2.45, 2.75) is 19.8 Å². The van der Waals surface area contributed by atoms with Gasteiger partial charge in [0.2, 0.25) is 0 Å². The molecule has 80 valence electrons. The van der Waals surface area contributed by atoms with Gasteiger partial charge in [0.15, 0.2) is 0 Å². The zero-order valence-corrected chi connectivity index (χ0v) is 8.93. The predicted octanol–water partition coefficient (Wildman–Crippen LogP) is 0.922. The van der Waals surface area contributed by atoms with Crippen LogP contribution in [-0.2, 0) is 9.47 Å². The van der Waals surface area contributed by atoms with E-state index in [4.69, 9.17) is 15.9 Å². The van der Waals surface area contributed by atoms with E-state index in [9.17, 15) is 0 Å². The average molecular weight is 205 g/mol. The van der Waals surface area contributed by atoms with Crippen LogP contribution in [0.3, 0.4) is 0 Å². The Hall–Kier alpha value is -1.92. The van der Waals surface area contributed by atoms with Crippen LogP contribution in [0.4, 0.5) is 0 Å². The standard InChI is InChI=1S/C12H15NO2/c1-3-9-14-10-6-5-7-11-15-12-8-13-4-2/h2,13H,5-6,8,10,12H2,1H3. The molecular formula is C12H15NO2. The number of unbranched alkanes of at least 4 members (excludes halogenated alkanes) is 1. The summed E-state index contributed by atoms with van der Waals surface area (Å²) in [6.45, 7) is 3.45. The molecule has 0 saturated heterocycles. The van der Waals surface area contributed by atoms with E-state index in [2.05, 4.69) is 35.4 Å². The van der Waals surface area contributed by atoms with Crippen molar-refractivity contribution in [3.05, 3.63) is 0 Å². The van der Waals surface area contributed by atoms with Crippen molar-refractivity contribution in [3.63, 3.8) is 0 Å². The molecule has 0 atom stereocenters. The molecule has 0 aromatic heterocycles. The van der Waals surface area contributed by atoms with Crippen LogP contribution in [0.2, 0.25) is 0 Å². The zero-order chi connectivity index (χ0) is 11.2. The van der Waals surface area contributed by atoms with Crippen molar-refractivity contribution in [1.82, 2.24) is 5.32 Å². The zero-order valence-electron chi connectivity index (χ0n) is 8.93. The normalized spacial score (nSPS) is 7.20. The van der Waals surface area contributed by atoms with Gasteiger partial charge in [-0.05, 0) is 6.42 Å². The summed E-state index contributed by atoms with van der Waals surface area (Å²) in [5.74, 6) is 5.50. The molecule has 0 spiro atoms. The van der Waals surface area contributed by atoms with Crippen LogP contribution in [0, 0.1) is 36.5 Å². The molecule has 0 unspecified atom stereocenters. The van der Waals surface area contributed by atoms with Crippen molar-refractivity contribution in [2.75, 3.05) is 19.8 Å². The van der Waals surface area contributed by atoms with E-state index in [0.29, 0.717) is 19.8 Å². The van der Waals surface area contributed by atoms with Gasteiger partial charge in [-0.25, -0.2) is 0 Å². The number of ether oxygens (including phenoxy) is 2. The molecule has 0 amide bonds. The first-order valence-electron chi connectivity index (χ1n) is 4.73. The fraction of sp³-hybridized carbons (Fsp3) is 0.500. The van der Waals surface area contributed by atoms with Crippen molar-refractivity contribution in [1.29, 1.82) is 0 Å². The van der Waals surface area contributed by atoms with Gasteiger partial charge in [0.05, 0.1) is 6.54 Å². The predicted molar refractivity (Wildman–Crippen MR) is 59.2 cm³/mol. The Morgan fingerprint density at radius 1 is 1.20 bits per heavy atom. The summed E-state index contributed by atoms with van der Waals surface area (Å²) in [6, 6.07) is 2.29. The molecule has 0 aromatic rings. The smallest absolute Gasteiger partial charge is 0.118 e. The Bertz CT molecular complexity index is 296. The van der Waals surface area contributed by atoms with Gasteiger partial charge in [-0.1, -0.05) is 18.3 Å². The highest BCUT2D eigenvalue weighted by atomic mass is 16.5. The van der Waals surface area contributed by atoms with Crippen LogP contribution in [-0.4, -0.2) is 19.8 Å². The second-order valence-electron chi connectivity index (χ2n) is 2.50. The van der Waals surface area contributed by atoms with Crippen molar-refractivity contribution < 1.29 is 9.47 Å². The third kappa shape index (κ3) is 12.1. The number of nitrogens with one attached hydrogen (secondary N) is 1. The van der Waals surface area contributed by atoms with Crippen molar-refractivity contribution >= 4 is 0 Å². The molecule has 0 fully saturated rings. The van der Waals surface area contributed by atoms with Crippen molar-refractivity contribution in [2.24, 2.45) is 0 Å². The highest BCUT2D eigenvalue weighted by molar-refractivity contribution is 4.91. The fourth-order valence-corrected chi connectivity index (χ4v) is 0.683. The fourth-order valence-electron chi connectivity index (χ4n) is 0.683. The van der Waals surface area contributed by atoms with Gasteiger partial charge in [-0.15, -0.1) is 0 Å². The first-order chi connectivity index (χ1) is 7.41.